The molecule has 11 heteroatoms. The second-order valence-electron chi connectivity index (χ2n) is 6.81. The maximum atomic E-state index is 13.6. The SMILES string of the molecule is O=C(CN1C(=O)C2(CCNCC2)c2c1cccc2C(F)(F)F)NCC(F)(F)F. The Hall–Kier alpha value is -2.30. The summed E-state index contributed by atoms with van der Waals surface area (Å²) in [5.74, 6) is -1.79. The van der Waals surface area contributed by atoms with Crippen molar-refractivity contribution in [1.82, 2.24) is 10.6 Å². The smallest absolute Gasteiger partial charge is 0.345 e. The second-order valence-corrected chi connectivity index (χ2v) is 6.81. The maximum absolute atomic E-state index is 13.6. The van der Waals surface area contributed by atoms with Gasteiger partial charge in [-0.3, -0.25) is 9.59 Å². The van der Waals surface area contributed by atoms with E-state index in [0.717, 1.165) is 17.0 Å². The highest BCUT2D eigenvalue weighted by Crippen LogP contribution is 2.51. The van der Waals surface area contributed by atoms with Crippen molar-refractivity contribution < 1.29 is 35.9 Å². The van der Waals surface area contributed by atoms with Gasteiger partial charge in [0.05, 0.1) is 11.0 Å². The summed E-state index contributed by atoms with van der Waals surface area (Å²) in [5, 5.41) is 4.63. The standard InChI is InChI=1S/C17H17F6N3O2/c18-16(19,20)9-25-12(27)8-26-11-3-1-2-10(17(21,22)23)13(11)15(14(26)28)4-6-24-7-5-15/h1-3,24H,4-9H2,(H,25,27). The van der Waals surface area contributed by atoms with Gasteiger partial charge in [-0.2, -0.15) is 26.3 Å². The highest BCUT2D eigenvalue weighted by Gasteiger charge is 2.55. The van der Waals surface area contributed by atoms with Crippen molar-refractivity contribution in [2.24, 2.45) is 0 Å². The zero-order chi connectivity index (χ0) is 20.7. The number of nitrogens with one attached hydrogen (secondary N) is 2. The lowest BCUT2D eigenvalue weighted by Crippen LogP contribution is -2.50. The first kappa shape index (κ1) is 20.4. The van der Waals surface area contributed by atoms with Crippen LogP contribution in [-0.2, 0) is 21.2 Å². The molecule has 1 spiro atoms. The summed E-state index contributed by atoms with van der Waals surface area (Å²) in [6.07, 6.45) is -9.14. The number of carbonyl (C=O) groups excluding carboxylic acids is 2. The van der Waals surface area contributed by atoms with Gasteiger partial charge in [-0.15, -0.1) is 0 Å². The number of rotatable bonds is 3. The Morgan fingerprint density at radius 2 is 1.79 bits per heavy atom. The van der Waals surface area contributed by atoms with Crippen LogP contribution < -0.4 is 15.5 Å². The molecule has 2 amide bonds. The Balaban J connectivity index is 1.99. The first-order valence-corrected chi connectivity index (χ1v) is 8.52. The summed E-state index contributed by atoms with van der Waals surface area (Å²) in [6, 6.07) is 3.29. The van der Waals surface area contributed by atoms with Gasteiger partial charge in [0.15, 0.2) is 0 Å². The Labute approximate surface area is 156 Å². The van der Waals surface area contributed by atoms with E-state index < -0.39 is 48.2 Å². The predicted octanol–water partition coefficient (Wildman–Crippen LogP) is 2.35. The molecule has 2 heterocycles. The quantitative estimate of drug-likeness (QED) is 0.754. The van der Waals surface area contributed by atoms with Crippen molar-refractivity contribution in [2.75, 3.05) is 31.1 Å². The van der Waals surface area contributed by atoms with E-state index >= 15 is 0 Å². The Bertz CT molecular complexity index is 784. The highest BCUT2D eigenvalue weighted by atomic mass is 19.4. The minimum atomic E-state index is -4.71. The molecule has 0 aromatic heterocycles. The molecule has 2 aliphatic heterocycles. The molecule has 0 saturated carbocycles. The van der Waals surface area contributed by atoms with Gasteiger partial charge < -0.3 is 15.5 Å². The third-order valence-electron chi connectivity index (χ3n) is 5.02. The molecule has 0 bridgehead atoms. The van der Waals surface area contributed by atoms with E-state index in [-0.39, 0.29) is 24.1 Å². The molecule has 1 fully saturated rings. The van der Waals surface area contributed by atoms with Gasteiger partial charge in [-0.05, 0) is 38.1 Å². The molecular formula is C17H17F6N3O2. The lowest BCUT2D eigenvalue weighted by Gasteiger charge is -2.34. The average Bonchev–Trinajstić information content (AvgIpc) is 2.82. The molecule has 0 atom stereocenters. The van der Waals surface area contributed by atoms with Crippen LogP contribution in [0.3, 0.4) is 0 Å². The van der Waals surface area contributed by atoms with Gasteiger partial charge >= 0.3 is 12.4 Å². The number of fused-ring (bicyclic) bond motifs is 2. The zero-order valence-electron chi connectivity index (χ0n) is 14.5. The van der Waals surface area contributed by atoms with E-state index in [4.69, 9.17) is 0 Å². The van der Waals surface area contributed by atoms with Crippen molar-refractivity contribution >= 4 is 17.5 Å². The summed E-state index contributed by atoms with van der Waals surface area (Å²) < 4.78 is 77.7. The first-order valence-electron chi connectivity index (χ1n) is 8.52. The summed E-state index contributed by atoms with van der Waals surface area (Å²) in [7, 11) is 0. The molecule has 0 unspecified atom stereocenters. The molecule has 0 aliphatic carbocycles. The van der Waals surface area contributed by atoms with Crippen LogP contribution >= 0.6 is 0 Å². The minimum absolute atomic E-state index is 0.0797. The molecule has 1 aromatic carbocycles. The topological polar surface area (TPSA) is 61.4 Å². The second kappa shape index (κ2) is 6.94. The van der Waals surface area contributed by atoms with Gasteiger partial charge in [-0.25, -0.2) is 0 Å². The van der Waals surface area contributed by atoms with E-state index in [2.05, 4.69) is 5.32 Å². The normalized spacial score (nSPS) is 19.1. The number of piperidine rings is 1. The summed E-state index contributed by atoms with van der Waals surface area (Å²) in [6.45, 7) is -1.74. The number of carbonyl (C=O) groups is 2. The van der Waals surface area contributed by atoms with Crippen LogP contribution in [0.15, 0.2) is 18.2 Å². The average molecular weight is 409 g/mol. The van der Waals surface area contributed by atoms with Crippen molar-refractivity contribution in [3.63, 3.8) is 0 Å². The van der Waals surface area contributed by atoms with Crippen LogP contribution in [-0.4, -0.2) is 44.2 Å². The maximum Gasteiger partial charge on any atom is 0.416 e. The largest absolute Gasteiger partial charge is 0.416 e. The molecule has 154 valence electrons. The van der Waals surface area contributed by atoms with Gasteiger partial charge in [-0.1, -0.05) is 6.07 Å². The molecule has 2 N–H and O–H groups in total. The van der Waals surface area contributed by atoms with Crippen LogP contribution in [0.5, 0.6) is 0 Å². The monoisotopic (exact) mass is 409 g/mol. The Morgan fingerprint density at radius 1 is 1.14 bits per heavy atom. The van der Waals surface area contributed by atoms with Crippen LogP contribution in [0.4, 0.5) is 32.0 Å². The molecule has 5 nitrogen and oxygen atoms in total. The predicted molar refractivity (Wildman–Crippen MR) is 86.6 cm³/mol. The summed E-state index contributed by atoms with van der Waals surface area (Å²) in [5.41, 5.74) is -2.68. The van der Waals surface area contributed by atoms with Gasteiger partial charge in [0.1, 0.15) is 13.1 Å². The van der Waals surface area contributed by atoms with Crippen LogP contribution in [0, 0.1) is 0 Å². The molecule has 28 heavy (non-hydrogen) atoms. The number of anilines is 1. The van der Waals surface area contributed by atoms with Gasteiger partial charge in [0.2, 0.25) is 11.8 Å². The molecule has 3 rings (SSSR count). The van der Waals surface area contributed by atoms with E-state index in [1.807, 2.05) is 0 Å². The number of halogens is 6. The summed E-state index contributed by atoms with van der Waals surface area (Å²) >= 11 is 0. The number of hydrogen-bond acceptors (Lipinski definition) is 3. The third-order valence-corrected chi connectivity index (χ3v) is 5.02. The molecule has 0 radical (unpaired) electrons. The number of amides is 2. The van der Waals surface area contributed by atoms with Crippen molar-refractivity contribution in [3.05, 3.63) is 29.3 Å². The zero-order valence-corrected chi connectivity index (χ0v) is 14.5. The van der Waals surface area contributed by atoms with Crippen molar-refractivity contribution in [3.8, 4) is 0 Å². The van der Waals surface area contributed by atoms with Crippen LogP contribution in [0.25, 0.3) is 0 Å². The Kier molecular flexibility index (Phi) is 5.07. The number of nitrogens with zero attached hydrogens (tertiary/aromatic N) is 1. The first-order chi connectivity index (χ1) is 13.0. The lowest BCUT2D eigenvalue weighted by molar-refractivity contribution is -0.139. The lowest BCUT2D eigenvalue weighted by atomic mass is 9.72. The summed E-state index contributed by atoms with van der Waals surface area (Å²) in [4.78, 5) is 25.9. The fourth-order valence-electron chi connectivity index (χ4n) is 3.85. The van der Waals surface area contributed by atoms with Crippen LogP contribution in [0.1, 0.15) is 24.0 Å². The van der Waals surface area contributed by atoms with E-state index in [0.29, 0.717) is 13.1 Å². The molecular weight excluding hydrogens is 392 g/mol. The number of hydrogen-bond donors (Lipinski definition) is 2. The fraction of sp³-hybridized carbons (Fsp3) is 0.529. The molecule has 1 aromatic rings. The fourth-order valence-corrected chi connectivity index (χ4v) is 3.85. The van der Waals surface area contributed by atoms with Crippen LogP contribution in [0.2, 0.25) is 0 Å². The molecule has 2 aliphatic rings. The van der Waals surface area contributed by atoms with E-state index in [1.54, 1.807) is 5.32 Å². The molecule has 1 saturated heterocycles. The number of benzene rings is 1. The highest BCUT2D eigenvalue weighted by molar-refractivity contribution is 6.11. The van der Waals surface area contributed by atoms with Gasteiger partial charge in [0, 0.05) is 11.3 Å². The van der Waals surface area contributed by atoms with Crippen molar-refractivity contribution in [2.45, 2.75) is 30.6 Å². The van der Waals surface area contributed by atoms with Crippen molar-refractivity contribution in [1.29, 1.82) is 0 Å². The Morgan fingerprint density at radius 3 is 2.36 bits per heavy atom. The number of alkyl halides is 6. The van der Waals surface area contributed by atoms with E-state index in [9.17, 15) is 35.9 Å². The third kappa shape index (κ3) is 3.67. The van der Waals surface area contributed by atoms with E-state index in [1.165, 1.54) is 6.07 Å². The van der Waals surface area contributed by atoms with Gasteiger partial charge in [0.25, 0.3) is 0 Å². The minimum Gasteiger partial charge on any atom is -0.345 e.